The molecule has 0 unspecified atom stereocenters. The lowest BCUT2D eigenvalue weighted by Crippen LogP contribution is -2.28. The van der Waals surface area contributed by atoms with E-state index in [0.717, 1.165) is 11.9 Å². The first-order valence-electron chi connectivity index (χ1n) is 5.23. The summed E-state index contributed by atoms with van der Waals surface area (Å²) in [6, 6.07) is 5.97. The van der Waals surface area contributed by atoms with Gasteiger partial charge in [-0.3, -0.25) is 0 Å². The summed E-state index contributed by atoms with van der Waals surface area (Å²) >= 11 is 0. The molecular weight excluding hydrogens is 175 g/mol. The fourth-order valence-corrected chi connectivity index (χ4v) is 1.65. The summed E-state index contributed by atoms with van der Waals surface area (Å²) in [5.74, 6) is 0. The lowest BCUT2D eigenvalue weighted by molar-refractivity contribution is 0.275. The van der Waals surface area contributed by atoms with Crippen molar-refractivity contribution in [3.63, 3.8) is 0 Å². The largest absolute Gasteiger partial charge is 0.491 e. The molecule has 14 heavy (non-hydrogen) atoms. The lowest BCUT2D eigenvalue weighted by Gasteiger charge is -2.03. The Morgan fingerprint density at radius 3 is 2.79 bits per heavy atom. The van der Waals surface area contributed by atoms with Crippen molar-refractivity contribution in [2.24, 2.45) is 0 Å². The molecule has 1 aliphatic rings. The molecule has 76 valence electrons. The van der Waals surface area contributed by atoms with Gasteiger partial charge in [-0.15, -0.1) is 0 Å². The average molecular weight is 192 g/mol. The standard InChI is InChI=1S/C9H11BO2.C2H6/c1-2-7-4-3-5-9-8(7)6-12-10(9)11;1-2/h3-5,11H,2,6H2,1H3;1-2H3. The van der Waals surface area contributed by atoms with Gasteiger partial charge in [0.15, 0.2) is 0 Å². The van der Waals surface area contributed by atoms with Crippen LogP contribution in [0, 0.1) is 0 Å². The van der Waals surface area contributed by atoms with E-state index in [1.54, 1.807) is 0 Å². The van der Waals surface area contributed by atoms with Gasteiger partial charge in [-0.25, -0.2) is 0 Å². The lowest BCUT2D eigenvalue weighted by atomic mass is 9.78. The first-order chi connectivity index (χ1) is 6.83. The number of hydrogen-bond acceptors (Lipinski definition) is 2. The van der Waals surface area contributed by atoms with E-state index >= 15 is 0 Å². The summed E-state index contributed by atoms with van der Waals surface area (Å²) in [5.41, 5.74) is 3.39. The molecule has 0 radical (unpaired) electrons. The maximum atomic E-state index is 9.38. The number of fused-ring (bicyclic) bond motifs is 1. The zero-order valence-electron chi connectivity index (χ0n) is 9.08. The number of benzene rings is 1. The van der Waals surface area contributed by atoms with Gasteiger partial charge in [0.1, 0.15) is 0 Å². The molecule has 0 spiro atoms. The maximum Gasteiger partial charge on any atom is 0.491 e. The second kappa shape index (κ2) is 5.18. The molecule has 0 saturated carbocycles. The molecule has 1 N–H and O–H groups in total. The highest BCUT2D eigenvalue weighted by Gasteiger charge is 2.27. The van der Waals surface area contributed by atoms with Gasteiger partial charge in [-0.05, 0) is 23.0 Å². The first-order valence-corrected chi connectivity index (χ1v) is 5.23. The molecule has 3 heteroatoms. The van der Waals surface area contributed by atoms with E-state index in [9.17, 15) is 5.02 Å². The Labute approximate surface area is 86.1 Å². The third-order valence-electron chi connectivity index (χ3n) is 2.34. The van der Waals surface area contributed by atoms with Gasteiger partial charge < -0.3 is 9.68 Å². The Morgan fingerprint density at radius 2 is 2.14 bits per heavy atom. The Hall–Kier alpha value is -0.795. The molecule has 0 aliphatic carbocycles. The van der Waals surface area contributed by atoms with Crippen molar-refractivity contribution in [3.05, 3.63) is 29.3 Å². The van der Waals surface area contributed by atoms with Crippen molar-refractivity contribution in [1.29, 1.82) is 0 Å². The molecule has 0 fully saturated rings. The Kier molecular flexibility index (Phi) is 4.17. The number of hydrogen-bond donors (Lipinski definition) is 1. The molecule has 0 aromatic heterocycles. The van der Waals surface area contributed by atoms with Crippen molar-refractivity contribution in [2.45, 2.75) is 33.8 Å². The fraction of sp³-hybridized carbons (Fsp3) is 0.455. The van der Waals surface area contributed by atoms with Crippen LogP contribution >= 0.6 is 0 Å². The van der Waals surface area contributed by atoms with Crippen molar-refractivity contribution in [1.82, 2.24) is 0 Å². The molecule has 2 nitrogen and oxygen atoms in total. The molecular formula is C11H17BO2. The van der Waals surface area contributed by atoms with Gasteiger partial charge in [0, 0.05) is 0 Å². The van der Waals surface area contributed by atoms with Crippen LogP contribution in [0.1, 0.15) is 31.9 Å². The molecule has 1 aromatic carbocycles. The van der Waals surface area contributed by atoms with E-state index in [4.69, 9.17) is 4.65 Å². The smallest absolute Gasteiger partial charge is 0.423 e. The molecule has 2 rings (SSSR count). The summed E-state index contributed by atoms with van der Waals surface area (Å²) in [6.45, 7) is 6.67. The van der Waals surface area contributed by atoms with Gasteiger partial charge in [0.05, 0.1) is 6.61 Å². The minimum atomic E-state index is -0.702. The number of rotatable bonds is 1. The monoisotopic (exact) mass is 192 g/mol. The first kappa shape index (κ1) is 11.3. The fourth-order valence-electron chi connectivity index (χ4n) is 1.65. The van der Waals surface area contributed by atoms with Gasteiger partial charge in [-0.2, -0.15) is 0 Å². The van der Waals surface area contributed by atoms with E-state index in [-0.39, 0.29) is 0 Å². The quantitative estimate of drug-likeness (QED) is 0.683. The van der Waals surface area contributed by atoms with E-state index in [1.807, 2.05) is 26.0 Å². The minimum Gasteiger partial charge on any atom is -0.423 e. The summed E-state index contributed by atoms with van der Waals surface area (Å²) in [7, 11) is -0.702. The molecule has 1 aromatic rings. The topological polar surface area (TPSA) is 29.5 Å². The van der Waals surface area contributed by atoms with Crippen LogP contribution in [0.5, 0.6) is 0 Å². The molecule has 0 bridgehead atoms. The van der Waals surface area contributed by atoms with Crippen molar-refractivity contribution in [3.8, 4) is 0 Å². The van der Waals surface area contributed by atoms with E-state index in [1.165, 1.54) is 11.1 Å². The van der Waals surface area contributed by atoms with Crippen LogP contribution < -0.4 is 5.46 Å². The summed E-state index contributed by atoms with van der Waals surface area (Å²) in [6.07, 6.45) is 0.999. The molecule has 0 amide bonds. The SMILES string of the molecule is CC.CCc1cccc2c1COB2O. The van der Waals surface area contributed by atoms with Crippen LogP contribution in [0.25, 0.3) is 0 Å². The predicted octanol–water partition coefficient (Wildman–Crippen LogP) is 1.49. The molecule has 1 heterocycles. The normalized spacial score (nSPS) is 13.3. The number of aryl methyl sites for hydroxylation is 1. The van der Waals surface area contributed by atoms with Crippen LogP contribution in [0.3, 0.4) is 0 Å². The van der Waals surface area contributed by atoms with Crippen LogP contribution in [-0.2, 0) is 17.7 Å². The van der Waals surface area contributed by atoms with Crippen molar-refractivity contribution in [2.75, 3.05) is 0 Å². The van der Waals surface area contributed by atoms with Crippen LogP contribution in [0.4, 0.5) is 0 Å². The average Bonchev–Trinajstić information content (AvgIpc) is 2.64. The summed E-state index contributed by atoms with van der Waals surface area (Å²) in [4.78, 5) is 0. The van der Waals surface area contributed by atoms with Gasteiger partial charge in [0.2, 0.25) is 0 Å². The van der Waals surface area contributed by atoms with E-state index < -0.39 is 7.12 Å². The molecule has 0 atom stereocenters. The summed E-state index contributed by atoms with van der Waals surface area (Å²) < 4.78 is 5.12. The third kappa shape index (κ3) is 1.99. The minimum absolute atomic E-state index is 0.556. The Morgan fingerprint density at radius 1 is 1.43 bits per heavy atom. The summed E-state index contributed by atoms with van der Waals surface area (Å²) in [5, 5.41) is 9.38. The second-order valence-corrected chi connectivity index (χ2v) is 3.00. The zero-order chi connectivity index (χ0) is 10.6. The van der Waals surface area contributed by atoms with Crippen LogP contribution in [0.2, 0.25) is 0 Å². The highest BCUT2D eigenvalue weighted by molar-refractivity contribution is 6.61. The zero-order valence-corrected chi connectivity index (χ0v) is 9.08. The van der Waals surface area contributed by atoms with Crippen molar-refractivity contribution >= 4 is 12.6 Å². The van der Waals surface area contributed by atoms with E-state index in [2.05, 4.69) is 13.0 Å². The highest BCUT2D eigenvalue weighted by atomic mass is 16.5. The van der Waals surface area contributed by atoms with Gasteiger partial charge in [-0.1, -0.05) is 39.0 Å². The maximum absolute atomic E-state index is 9.38. The Bertz CT molecular complexity index is 299. The van der Waals surface area contributed by atoms with Crippen molar-refractivity contribution < 1.29 is 9.68 Å². The van der Waals surface area contributed by atoms with Gasteiger partial charge >= 0.3 is 7.12 Å². The van der Waals surface area contributed by atoms with Gasteiger partial charge in [0.25, 0.3) is 0 Å². The van der Waals surface area contributed by atoms with Crippen LogP contribution in [-0.4, -0.2) is 12.1 Å². The second-order valence-electron chi connectivity index (χ2n) is 3.00. The van der Waals surface area contributed by atoms with E-state index in [0.29, 0.717) is 6.61 Å². The molecule has 0 saturated heterocycles. The highest BCUT2D eigenvalue weighted by Crippen LogP contribution is 2.14. The third-order valence-corrected chi connectivity index (χ3v) is 2.34. The predicted molar refractivity (Wildman–Crippen MR) is 59.6 cm³/mol. The Balaban J connectivity index is 0.000000461. The van der Waals surface area contributed by atoms with Crippen LogP contribution in [0.15, 0.2) is 18.2 Å². The molecule has 1 aliphatic heterocycles.